The van der Waals surface area contributed by atoms with Crippen LogP contribution in [0.15, 0.2) is 47.4 Å². The molecule has 0 amide bonds. The number of alkyl halides is 3. The third-order valence-corrected chi connectivity index (χ3v) is 7.63. The number of rotatable bonds is 4. The molecule has 1 saturated heterocycles. The molecule has 2 fully saturated rings. The summed E-state index contributed by atoms with van der Waals surface area (Å²) in [4.78, 5) is 5.59. The summed E-state index contributed by atoms with van der Waals surface area (Å²) in [5.41, 5.74) is -0.928. The third kappa shape index (κ3) is 4.08. The lowest BCUT2D eigenvalue weighted by atomic mass is 9.98. The van der Waals surface area contributed by atoms with E-state index in [0.29, 0.717) is 19.5 Å². The van der Waals surface area contributed by atoms with Crippen LogP contribution in [-0.2, 0) is 16.2 Å². The van der Waals surface area contributed by atoms with E-state index in [1.54, 1.807) is 23.1 Å². The van der Waals surface area contributed by atoms with E-state index in [0.717, 1.165) is 12.5 Å². The number of hydrogen-bond donors (Lipinski definition) is 1. The van der Waals surface area contributed by atoms with Crippen LogP contribution in [0.3, 0.4) is 0 Å². The molecule has 0 unspecified atom stereocenters. The first-order valence-corrected chi connectivity index (χ1v) is 11.1. The topological polar surface area (TPSA) is 62.3 Å². The maximum Gasteiger partial charge on any atom is 0.433 e. The van der Waals surface area contributed by atoms with Gasteiger partial charge in [-0.1, -0.05) is 29.8 Å². The van der Waals surface area contributed by atoms with Crippen molar-refractivity contribution in [1.29, 1.82) is 0 Å². The zero-order valence-electron chi connectivity index (χ0n) is 15.2. The van der Waals surface area contributed by atoms with Gasteiger partial charge in [-0.15, -0.1) is 0 Å². The minimum atomic E-state index is -4.50. The molecule has 2 aliphatic rings. The van der Waals surface area contributed by atoms with Crippen LogP contribution in [0.25, 0.3) is 0 Å². The molecule has 1 saturated carbocycles. The van der Waals surface area contributed by atoms with E-state index in [2.05, 4.69) is 9.71 Å². The molecule has 10 heteroatoms. The summed E-state index contributed by atoms with van der Waals surface area (Å²) >= 11 is 6.03. The van der Waals surface area contributed by atoms with Gasteiger partial charge in [0.05, 0.1) is 5.02 Å². The lowest BCUT2D eigenvalue weighted by molar-refractivity contribution is -0.141. The predicted octanol–water partition coefficient (Wildman–Crippen LogP) is 3.95. The fourth-order valence-electron chi connectivity index (χ4n) is 4.28. The number of nitrogens with zero attached hydrogens (tertiary/aromatic N) is 2. The molecule has 156 valence electrons. The SMILES string of the molecule is O=S(=O)(N[C@H]1CC[C@@H]2CN(c3cccc(C(F)(F)F)n3)C[C@@H]21)c1ccccc1Cl. The van der Waals surface area contributed by atoms with Crippen molar-refractivity contribution in [3.8, 4) is 0 Å². The summed E-state index contributed by atoms with van der Waals surface area (Å²) in [5, 5.41) is 0.149. The molecular formula is C19H19ClF3N3O2S. The number of anilines is 1. The number of fused-ring (bicyclic) bond motifs is 1. The highest BCUT2D eigenvalue weighted by molar-refractivity contribution is 7.89. The lowest BCUT2D eigenvalue weighted by Crippen LogP contribution is -2.39. The van der Waals surface area contributed by atoms with E-state index in [-0.39, 0.29) is 33.6 Å². The number of aromatic nitrogens is 1. The average Bonchev–Trinajstić information content (AvgIpc) is 3.23. The standard InChI is InChI=1S/C19H19ClF3N3O2S/c20-14-4-1-2-5-16(14)29(27,28)25-15-9-8-12-10-26(11-13(12)15)18-7-3-6-17(24-18)19(21,22)23/h1-7,12-13,15,25H,8-11H2/t12-,13+,15+/m1/s1. The Morgan fingerprint density at radius 1 is 1.07 bits per heavy atom. The van der Waals surface area contributed by atoms with Gasteiger partial charge in [-0.05, 0) is 48.9 Å². The maximum atomic E-state index is 13.0. The second kappa shape index (κ2) is 7.45. The Hall–Kier alpha value is -1.84. The second-order valence-electron chi connectivity index (χ2n) is 7.44. The molecule has 29 heavy (non-hydrogen) atoms. The molecule has 2 aromatic rings. The molecule has 0 radical (unpaired) electrons. The maximum absolute atomic E-state index is 13.0. The highest BCUT2D eigenvalue weighted by Gasteiger charge is 2.45. The smallest absolute Gasteiger partial charge is 0.356 e. The Labute approximate surface area is 171 Å². The van der Waals surface area contributed by atoms with E-state index in [1.807, 2.05) is 0 Å². The fraction of sp³-hybridized carbons (Fsp3) is 0.421. The van der Waals surface area contributed by atoms with Crippen LogP contribution in [0.1, 0.15) is 18.5 Å². The molecule has 1 aliphatic carbocycles. The highest BCUT2D eigenvalue weighted by atomic mass is 35.5. The van der Waals surface area contributed by atoms with Gasteiger partial charge in [0.1, 0.15) is 16.4 Å². The normalized spacial score (nSPS) is 24.7. The van der Waals surface area contributed by atoms with Crippen LogP contribution < -0.4 is 9.62 Å². The van der Waals surface area contributed by atoms with E-state index in [9.17, 15) is 21.6 Å². The summed E-state index contributed by atoms with van der Waals surface area (Å²) < 4.78 is 67.1. The van der Waals surface area contributed by atoms with Gasteiger partial charge in [0.15, 0.2) is 0 Å². The van der Waals surface area contributed by atoms with Crippen molar-refractivity contribution in [3.63, 3.8) is 0 Å². The summed E-state index contributed by atoms with van der Waals surface area (Å²) in [6.45, 7) is 1.01. The molecule has 1 N–H and O–H groups in total. The zero-order chi connectivity index (χ0) is 20.8. The fourth-order valence-corrected chi connectivity index (χ4v) is 6.12. The highest BCUT2D eigenvalue weighted by Crippen LogP contribution is 2.41. The van der Waals surface area contributed by atoms with Crippen molar-refractivity contribution in [1.82, 2.24) is 9.71 Å². The largest absolute Gasteiger partial charge is 0.433 e. The minimum absolute atomic E-state index is 0.00334. The monoisotopic (exact) mass is 445 g/mol. The van der Waals surface area contributed by atoms with Crippen LogP contribution in [0.2, 0.25) is 5.02 Å². The first-order chi connectivity index (χ1) is 13.6. The predicted molar refractivity (Wildman–Crippen MR) is 103 cm³/mol. The van der Waals surface area contributed by atoms with Crippen molar-refractivity contribution < 1.29 is 21.6 Å². The molecule has 1 aliphatic heterocycles. The van der Waals surface area contributed by atoms with Gasteiger partial charge in [-0.2, -0.15) is 13.2 Å². The van der Waals surface area contributed by atoms with Crippen molar-refractivity contribution in [3.05, 3.63) is 53.2 Å². The molecule has 1 aromatic carbocycles. The van der Waals surface area contributed by atoms with Crippen molar-refractivity contribution in [2.75, 3.05) is 18.0 Å². The van der Waals surface area contributed by atoms with Gasteiger partial charge in [0.2, 0.25) is 10.0 Å². The number of benzene rings is 1. The molecule has 3 atom stereocenters. The van der Waals surface area contributed by atoms with E-state index in [1.165, 1.54) is 18.2 Å². The molecule has 2 heterocycles. The summed E-state index contributed by atoms with van der Waals surface area (Å²) in [7, 11) is -3.79. The Morgan fingerprint density at radius 3 is 2.55 bits per heavy atom. The van der Waals surface area contributed by atoms with Crippen LogP contribution in [-0.4, -0.2) is 32.5 Å². The summed E-state index contributed by atoms with van der Waals surface area (Å²) in [5.74, 6) is 0.468. The average molecular weight is 446 g/mol. The van der Waals surface area contributed by atoms with Crippen molar-refractivity contribution in [2.45, 2.75) is 30.0 Å². The van der Waals surface area contributed by atoms with Crippen LogP contribution >= 0.6 is 11.6 Å². The number of halogens is 4. The van der Waals surface area contributed by atoms with E-state index in [4.69, 9.17) is 11.6 Å². The third-order valence-electron chi connectivity index (χ3n) is 5.64. The van der Waals surface area contributed by atoms with Gasteiger partial charge >= 0.3 is 6.18 Å². The number of hydrogen-bond acceptors (Lipinski definition) is 4. The number of nitrogens with one attached hydrogen (secondary N) is 1. The minimum Gasteiger partial charge on any atom is -0.356 e. The Bertz CT molecular complexity index is 1020. The van der Waals surface area contributed by atoms with Gasteiger partial charge in [0, 0.05) is 19.1 Å². The quantitative estimate of drug-likeness (QED) is 0.774. The Morgan fingerprint density at radius 2 is 1.83 bits per heavy atom. The molecule has 4 rings (SSSR count). The Balaban J connectivity index is 1.50. The van der Waals surface area contributed by atoms with Crippen molar-refractivity contribution >= 4 is 27.4 Å². The first kappa shape index (κ1) is 20.4. The summed E-state index contributed by atoms with van der Waals surface area (Å²) in [6, 6.07) is 9.78. The van der Waals surface area contributed by atoms with Gasteiger partial charge in [-0.25, -0.2) is 18.1 Å². The van der Waals surface area contributed by atoms with Crippen LogP contribution in [0, 0.1) is 11.8 Å². The van der Waals surface area contributed by atoms with Gasteiger partial charge < -0.3 is 4.90 Å². The van der Waals surface area contributed by atoms with Crippen LogP contribution in [0.5, 0.6) is 0 Å². The Kier molecular flexibility index (Phi) is 5.25. The first-order valence-electron chi connectivity index (χ1n) is 9.21. The number of sulfonamides is 1. The van der Waals surface area contributed by atoms with E-state index >= 15 is 0 Å². The van der Waals surface area contributed by atoms with E-state index < -0.39 is 21.9 Å². The number of pyridine rings is 1. The molecule has 5 nitrogen and oxygen atoms in total. The molecule has 0 bridgehead atoms. The molecule has 1 aromatic heterocycles. The lowest BCUT2D eigenvalue weighted by Gasteiger charge is -2.23. The summed E-state index contributed by atoms with van der Waals surface area (Å²) in [6.07, 6.45) is -3.02. The second-order valence-corrected chi connectivity index (χ2v) is 9.53. The zero-order valence-corrected chi connectivity index (χ0v) is 16.8. The molecular weight excluding hydrogens is 427 g/mol. The van der Waals surface area contributed by atoms with Crippen LogP contribution in [0.4, 0.5) is 19.0 Å². The van der Waals surface area contributed by atoms with Crippen molar-refractivity contribution in [2.24, 2.45) is 11.8 Å². The molecule has 0 spiro atoms. The van der Waals surface area contributed by atoms with Gasteiger partial charge in [0.25, 0.3) is 0 Å². The van der Waals surface area contributed by atoms with Gasteiger partial charge in [-0.3, -0.25) is 0 Å².